The van der Waals surface area contributed by atoms with Gasteiger partial charge in [-0.05, 0) is 36.4 Å². The SMILES string of the molecule is CN(C(=O)Nc1ncc(Oc2cccc(F)c2)s1)c1ccc2c(ccn2C)c1. The van der Waals surface area contributed by atoms with Gasteiger partial charge in [-0.2, -0.15) is 0 Å². The first-order valence-corrected chi connectivity index (χ1v) is 9.30. The van der Waals surface area contributed by atoms with E-state index < -0.39 is 0 Å². The number of benzene rings is 2. The summed E-state index contributed by atoms with van der Waals surface area (Å²) in [4.78, 5) is 18.2. The number of amides is 2. The third-order valence-corrected chi connectivity index (χ3v) is 5.06. The van der Waals surface area contributed by atoms with E-state index in [1.807, 2.05) is 42.1 Å². The van der Waals surface area contributed by atoms with E-state index in [4.69, 9.17) is 4.74 Å². The number of nitrogens with one attached hydrogen (secondary N) is 1. The number of aryl methyl sites for hydroxylation is 1. The fraction of sp³-hybridized carbons (Fsp3) is 0.100. The number of carbonyl (C=O) groups excluding carboxylic acids is 1. The number of anilines is 2. The summed E-state index contributed by atoms with van der Waals surface area (Å²) in [5, 5.41) is 4.65. The van der Waals surface area contributed by atoms with Crippen LogP contribution in [0, 0.1) is 5.82 Å². The maximum atomic E-state index is 13.2. The average Bonchev–Trinajstić information content (AvgIpc) is 3.27. The Kier molecular flexibility index (Phi) is 4.70. The first-order valence-electron chi connectivity index (χ1n) is 8.48. The van der Waals surface area contributed by atoms with Crippen molar-refractivity contribution in [2.24, 2.45) is 7.05 Å². The lowest BCUT2D eigenvalue weighted by atomic mass is 10.2. The molecule has 2 heterocycles. The maximum absolute atomic E-state index is 13.2. The molecule has 2 aromatic carbocycles. The van der Waals surface area contributed by atoms with Crippen molar-refractivity contribution in [3.05, 3.63) is 66.7 Å². The molecule has 6 nitrogen and oxygen atoms in total. The zero-order chi connectivity index (χ0) is 19.7. The van der Waals surface area contributed by atoms with Crippen LogP contribution in [-0.2, 0) is 7.05 Å². The van der Waals surface area contributed by atoms with Crippen LogP contribution in [0.15, 0.2) is 60.9 Å². The Balaban J connectivity index is 1.44. The van der Waals surface area contributed by atoms with Crippen LogP contribution < -0.4 is 15.0 Å². The van der Waals surface area contributed by atoms with Gasteiger partial charge in [-0.1, -0.05) is 17.4 Å². The number of halogens is 1. The molecule has 2 aromatic heterocycles. The van der Waals surface area contributed by atoms with E-state index in [1.165, 1.54) is 23.2 Å². The molecule has 0 unspecified atom stereocenters. The molecule has 4 rings (SSSR count). The summed E-state index contributed by atoms with van der Waals surface area (Å²) in [6.45, 7) is 0. The lowest BCUT2D eigenvalue weighted by molar-refractivity contribution is 0.258. The number of fused-ring (bicyclic) bond motifs is 1. The largest absolute Gasteiger partial charge is 0.445 e. The predicted octanol–water partition coefficient (Wildman–Crippen LogP) is 5.23. The number of rotatable bonds is 4. The second-order valence-electron chi connectivity index (χ2n) is 6.20. The molecule has 0 fully saturated rings. The lowest BCUT2D eigenvalue weighted by Crippen LogP contribution is -2.31. The van der Waals surface area contributed by atoms with Crippen molar-refractivity contribution in [2.75, 3.05) is 17.3 Å². The first-order chi connectivity index (χ1) is 13.5. The van der Waals surface area contributed by atoms with Gasteiger partial charge in [0.2, 0.25) is 5.06 Å². The Morgan fingerprint density at radius 1 is 1.25 bits per heavy atom. The summed E-state index contributed by atoms with van der Waals surface area (Å²) in [6, 6.07) is 13.3. The van der Waals surface area contributed by atoms with Crippen molar-refractivity contribution in [2.45, 2.75) is 0 Å². The molecule has 142 valence electrons. The van der Waals surface area contributed by atoms with Crippen LogP contribution in [-0.4, -0.2) is 22.6 Å². The summed E-state index contributed by atoms with van der Waals surface area (Å²) in [7, 11) is 3.67. The highest BCUT2D eigenvalue weighted by molar-refractivity contribution is 7.17. The number of hydrogen-bond acceptors (Lipinski definition) is 4. The molecule has 0 aliphatic carbocycles. The van der Waals surface area contributed by atoms with Crippen molar-refractivity contribution in [1.82, 2.24) is 9.55 Å². The smallest absolute Gasteiger partial charge is 0.327 e. The van der Waals surface area contributed by atoms with Gasteiger partial charge in [0.25, 0.3) is 0 Å². The van der Waals surface area contributed by atoms with E-state index in [0.29, 0.717) is 15.9 Å². The fourth-order valence-corrected chi connectivity index (χ4v) is 3.46. The standard InChI is InChI=1S/C20H17FN4O2S/c1-24-9-8-13-10-15(6-7-17(13)24)25(2)20(26)23-19-22-12-18(28-19)27-16-5-3-4-14(21)11-16/h3-12H,1-2H3,(H,22,23,26). The fourth-order valence-electron chi connectivity index (χ4n) is 2.78. The number of aromatic nitrogens is 2. The number of carbonyl (C=O) groups is 1. The third kappa shape index (κ3) is 3.67. The molecule has 0 radical (unpaired) electrons. The Morgan fingerprint density at radius 3 is 2.93 bits per heavy atom. The normalized spacial score (nSPS) is 10.8. The Morgan fingerprint density at radius 2 is 2.11 bits per heavy atom. The number of nitrogens with zero attached hydrogens (tertiary/aromatic N) is 3. The predicted molar refractivity (Wildman–Crippen MR) is 109 cm³/mol. The van der Waals surface area contributed by atoms with E-state index in [1.54, 1.807) is 19.2 Å². The highest BCUT2D eigenvalue weighted by Gasteiger charge is 2.14. The highest BCUT2D eigenvalue weighted by atomic mass is 32.1. The van der Waals surface area contributed by atoms with Gasteiger partial charge < -0.3 is 9.30 Å². The number of ether oxygens (including phenoxy) is 1. The Labute approximate surface area is 164 Å². The number of urea groups is 1. The van der Waals surface area contributed by atoms with E-state index in [0.717, 1.165) is 27.9 Å². The zero-order valence-corrected chi connectivity index (χ0v) is 16.0. The summed E-state index contributed by atoms with van der Waals surface area (Å²) < 4.78 is 20.8. The van der Waals surface area contributed by atoms with Crippen molar-refractivity contribution in [1.29, 1.82) is 0 Å². The van der Waals surface area contributed by atoms with Gasteiger partial charge in [-0.15, -0.1) is 0 Å². The van der Waals surface area contributed by atoms with E-state index in [9.17, 15) is 9.18 Å². The molecule has 28 heavy (non-hydrogen) atoms. The monoisotopic (exact) mass is 396 g/mol. The van der Waals surface area contributed by atoms with Crippen LogP contribution in [0.4, 0.5) is 20.0 Å². The van der Waals surface area contributed by atoms with Crippen molar-refractivity contribution in [3.8, 4) is 10.8 Å². The van der Waals surface area contributed by atoms with E-state index in [-0.39, 0.29) is 11.8 Å². The second kappa shape index (κ2) is 7.32. The van der Waals surface area contributed by atoms with Gasteiger partial charge in [0.05, 0.1) is 6.20 Å². The quantitative estimate of drug-likeness (QED) is 0.514. The van der Waals surface area contributed by atoms with Crippen LogP contribution in [0.3, 0.4) is 0 Å². The van der Waals surface area contributed by atoms with Gasteiger partial charge in [0.1, 0.15) is 11.6 Å². The topological polar surface area (TPSA) is 59.4 Å². The summed E-state index contributed by atoms with van der Waals surface area (Å²) in [5.74, 6) is -0.0117. The number of thiazole rings is 1. The molecule has 8 heteroatoms. The average molecular weight is 396 g/mol. The van der Waals surface area contributed by atoms with Crippen LogP contribution in [0.1, 0.15) is 0 Å². The summed E-state index contributed by atoms with van der Waals surface area (Å²) in [6.07, 6.45) is 3.46. The minimum Gasteiger partial charge on any atom is -0.445 e. The molecule has 0 atom stereocenters. The Bertz CT molecular complexity index is 1150. The lowest BCUT2D eigenvalue weighted by Gasteiger charge is -2.17. The van der Waals surface area contributed by atoms with Crippen molar-refractivity contribution < 1.29 is 13.9 Å². The summed E-state index contributed by atoms with van der Waals surface area (Å²) >= 11 is 1.16. The second-order valence-corrected chi connectivity index (χ2v) is 7.20. The minimum absolute atomic E-state index is 0.318. The maximum Gasteiger partial charge on any atom is 0.327 e. The highest BCUT2D eigenvalue weighted by Crippen LogP contribution is 2.31. The van der Waals surface area contributed by atoms with Crippen molar-refractivity contribution >= 4 is 39.1 Å². The molecule has 0 saturated heterocycles. The van der Waals surface area contributed by atoms with Gasteiger partial charge >= 0.3 is 6.03 Å². The molecule has 0 aliphatic rings. The molecular weight excluding hydrogens is 379 g/mol. The molecule has 0 aliphatic heterocycles. The minimum atomic E-state index is -0.382. The van der Waals surface area contributed by atoms with E-state index in [2.05, 4.69) is 10.3 Å². The third-order valence-electron chi connectivity index (χ3n) is 4.27. The van der Waals surface area contributed by atoms with Gasteiger partial charge in [0, 0.05) is 42.9 Å². The van der Waals surface area contributed by atoms with Gasteiger partial charge in [-0.3, -0.25) is 10.2 Å². The number of hydrogen-bond donors (Lipinski definition) is 1. The van der Waals surface area contributed by atoms with Crippen molar-refractivity contribution in [3.63, 3.8) is 0 Å². The Hall–Kier alpha value is -3.39. The molecule has 1 N–H and O–H groups in total. The molecule has 0 spiro atoms. The van der Waals surface area contributed by atoms with Crippen LogP contribution in [0.2, 0.25) is 0 Å². The van der Waals surface area contributed by atoms with Crippen LogP contribution >= 0.6 is 11.3 Å². The van der Waals surface area contributed by atoms with Gasteiger partial charge in [0.15, 0.2) is 5.13 Å². The van der Waals surface area contributed by atoms with Crippen LogP contribution in [0.5, 0.6) is 10.8 Å². The zero-order valence-electron chi connectivity index (χ0n) is 15.2. The summed E-state index contributed by atoms with van der Waals surface area (Å²) in [5.41, 5.74) is 1.86. The molecule has 0 bridgehead atoms. The molecule has 4 aromatic rings. The van der Waals surface area contributed by atoms with Gasteiger partial charge in [-0.25, -0.2) is 14.2 Å². The molecule has 0 saturated carbocycles. The van der Waals surface area contributed by atoms with E-state index >= 15 is 0 Å². The molecular formula is C20H17FN4O2S. The van der Waals surface area contributed by atoms with Crippen LogP contribution in [0.25, 0.3) is 10.9 Å². The molecule has 2 amide bonds. The first kappa shape index (κ1) is 18.0.